The fourth-order valence-electron chi connectivity index (χ4n) is 1.19. The molecule has 0 radical (unpaired) electrons. The fraction of sp³-hybridized carbons (Fsp3) is 0.556. The average molecular weight is 235 g/mol. The molecule has 0 amide bonds. The Hall–Kier alpha value is -0.540. The quantitative estimate of drug-likeness (QED) is 0.701. The van der Waals surface area contributed by atoms with E-state index in [9.17, 15) is 4.79 Å². The number of carbonyl (C=O) groups is 1. The molecule has 0 aromatic carbocycles. The normalized spacial score (nSPS) is 11.9. The summed E-state index contributed by atoms with van der Waals surface area (Å²) in [5, 5.41) is 3.95. The van der Waals surface area contributed by atoms with Crippen LogP contribution in [-0.4, -0.2) is 15.0 Å². The van der Waals surface area contributed by atoms with Crippen LogP contribution in [0.15, 0.2) is 0 Å². The Kier molecular flexibility index (Phi) is 2.93. The Bertz CT molecular complexity index is 377. The van der Waals surface area contributed by atoms with Crippen molar-refractivity contribution < 1.29 is 4.79 Å². The first-order valence-electron chi connectivity index (χ1n) is 4.18. The Morgan fingerprint density at radius 3 is 2.14 bits per heavy atom. The van der Waals surface area contributed by atoms with Crippen LogP contribution in [0.2, 0.25) is 5.02 Å². The summed E-state index contributed by atoms with van der Waals surface area (Å²) in [5.74, 6) is 0. The van der Waals surface area contributed by atoms with Gasteiger partial charge in [-0.15, -0.1) is 0 Å². The van der Waals surface area contributed by atoms with Gasteiger partial charge in [-0.3, -0.25) is 9.48 Å². The van der Waals surface area contributed by atoms with Crippen molar-refractivity contribution in [3.63, 3.8) is 0 Å². The van der Waals surface area contributed by atoms with E-state index < -0.39 is 5.24 Å². The van der Waals surface area contributed by atoms with E-state index in [2.05, 4.69) is 5.10 Å². The number of aromatic nitrogens is 2. The Balaban J connectivity index is 3.39. The smallest absolute Gasteiger partial charge is 0.272 e. The van der Waals surface area contributed by atoms with Crippen LogP contribution in [0, 0.1) is 0 Å². The predicted molar refractivity (Wildman–Crippen MR) is 57.1 cm³/mol. The zero-order valence-electron chi connectivity index (χ0n) is 8.56. The Morgan fingerprint density at radius 1 is 1.43 bits per heavy atom. The van der Waals surface area contributed by atoms with Gasteiger partial charge in [0, 0.05) is 12.5 Å². The third kappa shape index (κ3) is 1.93. The molecule has 0 aliphatic carbocycles. The van der Waals surface area contributed by atoms with Gasteiger partial charge >= 0.3 is 0 Å². The third-order valence-corrected chi connectivity index (χ3v) is 2.42. The van der Waals surface area contributed by atoms with Crippen LogP contribution in [0.25, 0.3) is 0 Å². The highest BCUT2D eigenvalue weighted by Gasteiger charge is 2.26. The van der Waals surface area contributed by atoms with Crippen LogP contribution in [-0.2, 0) is 12.5 Å². The van der Waals surface area contributed by atoms with Gasteiger partial charge in [-0.2, -0.15) is 5.10 Å². The van der Waals surface area contributed by atoms with Crippen LogP contribution < -0.4 is 0 Å². The summed E-state index contributed by atoms with van der Waals surface area (Å²) < 4.78 is 1.41. The molecule has 0 N–H and O–H groups in total. The molecular formula is C9H12Cl2N2O. The summed E-state index contributed by atoms with van der Waals surface area (Å²) in [6.07, 6.45) is 0. The van der Waals surface area contributed by atoms with Crippen molar-refractivity contribution in [2.24, 2.45) is 7.05 Å². The molecule has 0 bridgehead atoms. The first-order chi connectivity index (χ1) is 6.25. The van der Waals surface area contributed by atoms with Crippen LogP contribution in [0.3, 0.4) is 0 Å². The second kappa shape index (κ2) is 3.55. The summed E-state index contributed by atoms with van der Waals surface area (Å²) in [6, 6.07) is 0. The molecule has 1 aromatic heterocycles. The standard InChI is InChI=1S/C9H12Cl2N2O/c1-9(2,3)7-5(10)6(8(11)14)13(4)12-7/h1-4H3. The van der Waals surface area contributed by atoms with Gasteiger partial charge in [-0.1, -0.05) is 32.4 Å². The molecule has 0 saturated heterocycles. The molecule has 1 heterocycles. The minimum atomic E-state index is -0.583. The van der Waals surface area contributed by atoms with Crippen molar-refractivity contribution in [2.75, 3.05) is 0 Å². The van der Waals surface area contributed by atoms with Crippen LogP contribution in [0.4, 0.5) is 0 Å². The molecule has 1 rings (SSSR count). The van der Waals surface area contributed by atoms with Gasteiger partial charge in [0.25, 0.3) is 5.24 Å². The molecule has 3 nitrogen and oxygen atoms in total. The molecule has 0 fully saturated rings. The lowest BCUT2D eigenvalue weighted by Crippen LogP contribution is -2.12. The maximum atomic E-state index is 11.0. The average Bonchev–Trinajstić information content (AvgIpc) is 2.24. The van der Waals surface area contributed by atoms with E-state index in [4.69, 9.17) is 23.2 Å². The lowest BCUT2D eigenvalue weighted by atomic mass is 9.92. The number of nitrogens with zero attached hydrogens (tertiary/aromatic N) is 2. The van der Waals surface area contributed by atoms with Crippen LogP contribution >= 0.6 is 23.2 Å². The monoisotopic (exact) mass is 234 g/mol. The van der Waals surface area contributed by atoms with E-state index in [1.54, 1.807) is 7.05 Å². The van der Waals surface area contributed by atoms with Crippen LogP contribution in [0.1, 0.15) is 37.0 Å². The highest BCUT2D eigenvalue weighted by Crippen LogP contribution is 2.31. The molecule has 78 valence electrons. The van der Waals surface area contributed by atoms with Crippen molar-refractivity contribution in [1.82, 2.24) is 9.78 Å². The van der Waals surface area contributed by atoms with Gasteiger partial charge in [-0.25, -0.2) is 0 Å². The van der Waals surface area contributed by atoms with Gasteiger partial charge in [0.2, 0.25) is 0 Å². The largest absolute Gasteiger partial charge is 0.274 e. The maximum Gasteiger partial charge on any atom is 0.272 e. The van der Waals surface area contributed by atoms with Gasteiger partial charge in [-0.05, 0) is 11.6 Å². The first kappa shape index (κ1) is 11.5. The van der Waals surface area contributed by atoms with Gasteiger partial charge < -0.3 is 0 Å². The van der Waals surface area contributed by atoms with E-state index >= 15 is 0 Å². The molecule has 14 heavy (non-hydrogen) atoms. The van der Waals surface area contributed by atoms with E-state index in [1.807, 2.05) is 20.8 Å². The molecule has 0 aliphatic heterocycles. The number of hydrogen-bond acceptors (Lipinski definition) is 2. The minimum Gasteiger partial charge on any atom is -0.274 e. The molecule has 0 saturated carbocycles. The van der Waals surface area contributed by atoms with E-state index in [0.717, 1.165) is 0 Å². The van der Waals surface area contributed by atoms with Crippen molar-refractivity contribution >= 4 is 28.4 Å². The molecule has 0 unspecified atom stereocenters. The molecule has 0 atom stereocenters. The molecule has 1 aromatic rings. The highest BCUT2D eigenvalue weighted by atomic mass is 35.5. The molecular weight excluding hydrogens is 223 g/mol. The summed E-state index contributed by atoms with van der Waals surface area (Å²) in [5.41, 5.74) is 0.739. The molecule has 0 aliphatic rings. The Labute approximate surface area is 93.0 Å². The summed E-state index contributed by atoms with van der Waals surface area (Å²) >= 11 is 11.4. The van der Waals surface area contributed by atoms with E-state index in [-0.39, 0.29) is 11.1 Å². The maximum absolute atomic E-state index is 11.0. The zero-order valence-corrected chi connectivity index (χ0v) is 10.1. The SMILES string of the molecule is Cn1nc(C(C)(C)C)c(Cl)c1C(=O)Cl. The number of rotatable bonds is 1. The van der Waals surface area contributed by atoms with E-state index in [1.165, 1.54) is 4.68 Å². The van der Waals surface area contributed by atoms with Gasteiger partial charge in [0.15, 0.2) is 0 Å². The summed E-state index contributed by atoms with van der Waals surface area (Å²) in [4.78, 5) is 11.0. The van der Waals surface area contributed by atoms with Gasteiger partial charge in [0.1, 0.15) is 5.69 Å². The topological polar surface area (TPSA) is 34.9 Å². The number of halogens is 2. The van der Waals surface area contributed by atoms with E-state index in [0.29, 0.717) is 10.7 Å². The predicted octanol–water partition coefficient (Wildman–Crippen LogP) is 2.75. The highest BCUT2D eigenvalue weighted by molar-refractivity contribution is 6.68. The second-order valence-corrected chi connectivity index (χ2v) is 4.88. The zero-order chi connectivity index (χ0) is 11.1. The first-order valence-corrected chi connectivity index (χ1v) is 4.93. The van der Waals surface area contributed by atoms with Crippen molar-refractivity contribution in [3.05, 3.63) is 16.4 Å². The second-order valence-electron chi connectivity index (χ2n) is 4.16. The van der Waals surface area contributed by atoms with Crippen molar-refractivity contribution in [1.29, 1.82) is 0 Å². The van der Waals surface area contributed by atoms with Crippen LogP contribution in [0.5, 0.6) is 0 Å². The minimum absolute atomic E-state index is 0.195. The van der Waals surface area contributed by atoms with Crippen molar-refractivity contribution in [2.45, 2.75) is 26.2 Å². The third-order valence-electron chi connectivity index (χ3n) is 1.89. The number of hydrogen-bond donors (Lipinski definition) is 0. The molecule has 0 spiro atoms. The summed E-state index contributed by atoms with van der Waals surface area (Å²) in [6.45, 7) is 5.93. The number of aryl methyl sites for hydroxylation is 1. The molecule has 5 heteroatoms. The summed E-state index contributed by atoms with van der Waals surface area (Å²) in [7, 11) is 1.65. The number of carbonyl (C=O) groups excluding carboxylic acids is 1. The lowest BCUT2D eigenvalue weighted by molar-refractivity contribution is 0.107. The fourth-order valence-corrected chi connectivity index (χ4v) is 1.99. The van der Waals surface area contributed by atoms with Crippen molar-refractivity contribution in [3.8, 4) is 0 Å². The Morgan fingerprint density at radius 2 is 1.93 bits per heavy atom. The lowest BCUT2D eigenvalue weighted by Gasteiger charge is -2.15. The van der Waals surface area contributed by atoms with Gasteiger partial charge in [0.05, 0.1) is 10.7 Å².